The number of carbonyl (C=O) groups is 2. The molecule has 2 rings (SSSR count). The summed E-state index contributed by atoms with van der Waals surface area (Å²) in [5.74, 6) is -0.859. The lowest BCUT2D eigenvalue weighted by molar-refractivity contribution is -0.119. The van der Waals surface area contributed by atoms with Crippen molar-refractivity contribution in [3.05, 3.63) is 59.7 Å². The van der Waals surface area contributed by atoms with Crippen LogP contribution in [0.3, 0.4) is 0 Å². The SMILES string of the molecule is CC[C@H](C)[C@H](NC(=O)c1ccccc1)C(=O)Nc1ccc(C)c(S(=O)(=O)NC)c1. The Morgan fingerprint density at radius 3 is 2.31 bits per heavy atom. The number of carbonyl (C=O) groups excluding carboxylic acids is 2. The molecule has 156 valence electrons. The fourth-order valence-corrected chi connectivity index (χ4v) is 3.81. The highest BCUT2D eigenvalue weighted by Gasteiger charge is 2.27. The van der Waals surface area contributed by atoms with Gasteiger partial charge in [-0.15, -0.1) is 0 Å². The van der Waals surface area contributed by atoms with E-state index in [4.69, 9.17) is 0 Å². The number of rotatable bonds is 8. The minimum atomic E-state index is -3.65. The van der Waals surface area contributed by atoms with Crippen molar-refractivity contribution < 1.29 is 18.0 Å². The summed E-state index contributed by atoms with van der Waals surface area (Å²) in [6, 6.07) is 12.6. The number of hydrogen-bond donors (Lipinski definition) is 3. The molecule has 2 amide bonds. The molecule has 0 aromatic heterocycles. The molecule has 8 heteroatoms. The zero-order chi connectivity index (χ0) is 21.6. The molecule has 0 aliphatic carbocycles. The maximum absolute atomic E-state index is 12.9. The molecule has 3 N–H and O–H groups in total. The van der Waals surface area contributed by atoms with E-state index >= 15 is 0 Å². The van der Waals surface area contributed by atoms with Crippen LogP contribution in [-0.4, -0.2) is 33.3 Å². The zero-order valence-corrected chi connectivity index (χ0v) is 17.8. The van der Waals surface area contributed by atoms with E-state index in [1.54, 1.807) is 43.3 Å². The van der Waals surface area contributed by atoms with Crippen molar-refractivity contribution in [2.24, 2.45) is 5.92 Å². The van der Waals surface area contributed by atoms with E-state index in [0.717, 1.165) is 0 Å². The summed E-state index contributed by atoms with van der Waals surface area (Å²) in [4.78, 5) is 25.5. The van der Waals surface area contributed by atoms with Crippen LogP contribution in [0.4, 0.5) is 5.69 Å². The van der Waals surface area contributed by atoms with Gasteiger partial charge in [0, 0.05) is 11.3 Å². The van der Waals surface area contributed by atoms with Gasteiger partial charge in [0.15, 0.2) is 0 Å². The molecule has 0 spiro atoms. The van der Waals surface area contributed by atoms with Gasteiger partial charge in [-0.2, -0.15) is 0 Å². The minimum Gasteiger partial charge on any atom is -0.340 e. The number of anilines is 1. The molecule has 7 nitrogen and oxygen atoms in total. The van der Waals surface area contributed by atoms with E-state index in [1.165, 1.54) is 13.1 Å². The predicted octanol–water partition coefficient (Wildman–Crippen LogP) is 2.69. The van der Waals surface area contributed by atoms with Crippen molar-refractivity contribution in [3.63, 3.8) is 0 Å². The van der Waals surface area contributed by atoms with Crippen LogP contribution in [0.2, 0.25) is 0 Å². The highest BCUT2D eigenvalue weighted by molar-refractivity contribution is 7.89. The molecule has 0 heterocycles. The van der Waals surface area contributed by atoms with Crippen molar-refractivity contribution in [2.75, 3.05) is 12.4 Å². The van der Waals surface area contributed by atoms with Gasteiger partial charge in [-0.25, -0.2) is 13.1 Å². The first-order valence-electron chi connectivity index (χ1n) is 9.40. The van der Waals surface area contributed by atoms with Crippen molar-refractivity contribution >= 4 is 27.5 Å². The Morgan fingerprint density at radius 1 is 1.07 bits per heavy atom. The van der Waals surface area contributed by atoms with Crippen LogP contribution in [0.1, 0.15) is 36.2 Å². The molecule has 0 saturated carbocycles. The maximum atomic E-state index is 12.9. The molecule has 0 radical (unpaired) electrons. The summed E-state index contributed by atoms with van der Waals surface area (Å²) >= 11 is 0. The average Bonchev–Trinajstić information content (AvgIpc) is 2.73. The predicted molar refractivity (Wildman–Crippen MR) is 113 cm³/mol. The number of amides is 2. The number of hydrogen-bond acceptors (Lipinski definition) is 4. The lowest BCUT2D eigenvalue weighted by Crippen LogP contribution is -2.47. The first kappa shape index (κ1) is 22.6. The van der Waals surface area contributed by atoms with Crippen LogP contribution in [-0.2, 0) is 14.8 Å². The van der Waals surface area contributed by atoms with E-state index in [0.29, 0.717) is 23.2 Å². The number of benzene rings is 2. The molecule has 2 aromatic carbocycles. The number of aryl methyl sites for hydroxylation is 1. The average molecular weight is 418 g/mol. The van der Waals surface area contributed by atoms with Crippen LogP contribution in [0.25, 0.3) is 0 Å². The Morgan fingerprint density at radius 2 is 1.72 bits per heavy atom. The third-order valence-electron chi connectivity index (χ3n) is 4.83. The Balaban J connectivity index is 2.25. The molecule has 0 unspecified atom stereocenters. The Labute approximate surface area is 172 Å². The highest BCUT2D eigenvalue weighted by atomic mass is 32.2. The fraction of sp³-hybridized carbons (Fsp3) is 0.333. The Bertz CT molecular complexity index is 975. The summed E-state index contributed by atoms with van der Waals surface area (Å²) < 4.78 is 26.6. The molecule has 2 atom stereocenters. The molecular weight excluding hydrogens is 390 g/mol. The molecule has 0 fully saturated rings. The highest BCUT2D eigenvalue weighted by Crippen LogP contribution is 2.21. The first-order chi connectivity index (χ1) is 13.7. The van der Waals surface area contributed by atoms with E-state index in [2.05, 4.69) is 15.4 Å². The monoisotopic (exact) mass is 417 g/mol. The summed E-state index contributed by atoms with van der Waals surface area (Å²) in [6.45, 7) is 5.49. The standard InChI is InChI=1S/C21H27N3O4S/c1-5-14(2)19(24-20(25)16-9-7-6-8-10-16)21(26)23-17-12-11-15(3)18(13-17)29(27,28)22-4/h6-14,19,22H,5H2,1-4H3,(H,23,26)(H,24,25)/t14-,19-/m0/s1. The topological polar surface area (TPSA) is 104 Å². The van der Waals surface area contributed by atoms with Gasteiger partial charge in [-0.1, -0.05) is 44.5 Å². The van der Waals surface area contributed by atoms with Gasteiger partial charge in [0.05, 0.1) is 4.90 Å². The molecule has 0 bridgehead atoms. The van der Waals surface area contributed by atoms with E-state index in [-0.39, 0.29) is 16.7 Å². The lowest BCUT2D eigenvalue weighted by atomic mass is 9.97. The molecule has 0 aliphatic rings. The fourth-order valence-electron chi connectivity index (χ4n) is 2.81. The van der Waals surface area contributed by atoms with Gasteiger partial charge in [0.1, 0.15) is 6.04 Å². The van der Waals surface area contributed by atoms with Crippen molar-refractivity contribution in [1.29, 1.82) is 0 Å². The van der Waals surface area contributed by atoms with Crippen LogP contribution in [0.5, 0.6) is 0 Å². The van der Waals surface area contributed by atoms with E-state index in [1.807, 2.05) is 19.9 Å². The van der Waals surface area contributed by atoms with E-state index < -0.39 is 22.0 Å². The second kappa shape index (κ2) is 9.67. The van der Waals surface area contributed by atoms with Crippen LogP contribution in [0, 0.1) is 12.8 Å². The Kier molecular flexibility index (Phi) is 7.53. The summed E-state index contributed by atoms with van der Waals surface area (Å²) in [5.41, 5.74) is 1.37. The number of nitrogens with one attached hydrogen (secondary N) is 3. The smallest absolute Gasteiger partial charge is 0.251 e. The lowest BCUT2D eigenvalue weighted by Gasteiger charge is -2.24. The molecule has 29 heavy (non-hydrogen) atoms. The summed E-state index contributed by atoms with van der Waals surface area (Å²) in [7, 11) is -2.32. The summed E-state index contributed by atoms with van der Waals surface area (Å²) in [5, 5.41) is 5.52. The number of sulfonamides is 1. The van der Waals surface area contributed by atoms with E-state index in [9.17, 15) is 18.0 Å². The second-order valence-electron chi connectivity index (χ2n) is 6.88. The maximum Gasteiger partial charge on any atom is 0.251 e. The van der Waals surface area contributed by atoms with Crippen molar-refractivity contribution in [1.82, 2.24) is 10.0 Å². The Hall–Kier alpha value is -2.71. The van der Waals surface area contributed by atoms with Gasteiger partial charge in [0.25, 0.3) is 5.91 Å². The third-order valence-corrected chi connectivity index (χ3v) is 6.39. The van der Waals surface area contributed by atoms with Crippen molar-refractivity contribution in [2.45, 2.75) is 38.1 Å². The minimum absolute atomic E-state index is 0.0891. The molecule has 0 aliphatic heterocycles. The summed E-state index contributed by atoms with van der Waals surface area (Å²) in [6.07, 6.45) is 0.681. The van der Waals surface area contributed by atoms with Gasteiger partial charge >= 0.3 is 0 Å². The van der Waals surface area contributed by atoms with Crippen LogP contribution >= 0.6 is 0 Å². The second-order valence-corrected chi connectivity index (χ2v) is 8.73. The first-order valence-corrected chi connectivity index (χ1v) is 10.9. The van der Waals surface area contributed by atoms with Gasteiger partial charge in [0.2, 0.25) is 15.9 Å². The zero-order valence-electron chi connectivity index (χ0n) is 17.0. The largest absolute Gasteiger partial charge is 0.340 e. The van der Waals surface area contributed by atoms with Gasteiger partial charge in [-0.3, -0.25) is 9.59 Å². The van der Waals surface area contributed by atoms with Crippen LogP contribution < -0.4 is 15.4 Å². The molecule has 0 saturated heterocycles. The molecule has 2 aromatic rings. The molecular formula is C21H27N3O4S. The van der Waals surface area contributed by atoms with Crippen molar-refractivity contribution in [3.8, 4) is 0 Å². The third kappa shape index (κ3) is 5.65. The quantitative estimate of drug-likeness (QED) is 0.614. The van der Waals surface area contributed by atoms with Gasteiger partial charge < -0.3 is 10.6 Å². The van der Waals surface area contributed by atoms with Crippen LogP contribution in [0.15, 0.2) is 53.4 Å². The van der Waals surface area contributed by atoms with Gasteiger partial charge in [-0.05, 0) is 49.7 Å². The normalized spacial score (nSPS) is 13.4.